The first-order chi connectivity index (χ1) is 13.2. The molecule has 0 fully saturated rings. The molecule has 0 saturated heterocycles. The Morgan fingerprint density at radius 3 is 2.70 bits per heavy atom. The van der Waals surface area contributed by atoms with Gasteiger partial charge in [0.2, 0.25) is 5.95 Å². The van der Waals surface area contributed by atoms with Crippen molar-refractivity contribution in [1.82, 2.24) is 19.5 Å². The second kappa shape index (κ2) is 6.06. The minimum Gasteiger partial charge on any atom is -0.331 e. The highest BCUT2D eigenvalue weighted by Crippen LogP contribution is 2.35. The van der Waals surface area contributed by atoms with Crippen molar-refractivity contribution in [3.05, 3.63) is 78.0 Å². The second-order valence-electron chi connectivity index (χ2n) is 6.84. The van der Waals surface area contributed by atoms with E-state index in [1.54, 1.807) is 0 Å². The molecule has 0 unspecified atom stereocenters. The fourth-order valence-corrected chi connectivity index (χ4v) is 3.61. The summed E-state index contributed by atoms with van der Waals surface area (Å²) < 4.78 is 2.09. The van der Waals surface area contributed by atoms with E-state index in [1.807, 2.05) is 38.5 Å². The molecule has 0 saturated carbocycles. The fraction of sp³-hybridized carbons (Fsp3) is 0.136. The van der Waals surface area contributed by atoms with Gasteiger partial charge in [0.25, 0.3) is 0 Å². The maximum Gasteiger partial charge on any atom is 0.227 e. The van der Waals surface area contributed by atoms with Crippen LogP contribution in [0.1, 0.15) is 17.1 Å². The SMILES string of the molecule is Cc1ncc(-c2cccc(Nc3ncc4c(n3)Cc3ccccc3-4)c2)n1C. The Kier molecular flexibility index (Phi) is 3.53. The Hall–Kier alpha value is -3.47. The van der Waals surface area contributed by atoms with Crippen molar-refractivity contribution in [2.75, 3.05) is 5.32 Å². The predicted octanol–water partition coefficient (Wildman–Crippen LogP) is 4.50. The Morgan fingerprint density at radius 2 is 1.85 bits per heavy atom. The topological polar surface area (TPSA) is 55.6 Å². The van der Waals surface area contributed by atoms with Crippen molar-refractivity contribution >= 4 is 11.6 Å². The van der Waals surface area contributed by atoms with E-state index in [-0.39, 0.29) is 0 Å². The van der Waals surface area contributed by atoms with Crippen LogP contribution in [-0.4, -0.2) is 19.5 Å². The summed E-state index contributed by atoms with van der Waals surface area (Å²) in [7, 11) is 2.03. The standard InChI is InChI=1S/C22H19N5/c1-14-23-13-21(27(14)2)16-7-5-8-17(10-16)25-22-24-12-19-18-9-4-3-6-15(18)11-20(19)26-22/h3-10,12-13H,11H2,1-2H3,(H,24,25,26). The van der Waals surface area contributed by atoms with Crippen LogP contribution in [0.5, 0.6) is 0 Å². The van der Waals surface area contributed by atoms with Crippen LogP contribution in [0, 0.1) is 6.92 Å². The summed E-state index contributed by atoms with van der Waals surface area (Å²) >= 11 is 0. The van der Waals surface area contributed by atoms with Crippen LogP contribution < -0.4 is 5.32 Å². The zero-order valence-corrected chi connectivity index (χ0v) is 15.3. The highest BCUT2D eigenvalue weighted by atomic mass is 15.1. The number of hydrogen-bond donors (Lipinski definition) is 1. The lowest BCUT2D eigenvalue weighted by molar-refractivity contribution is 0.865. The van der Waals surface area contributed by atoms with Gasteiger partial charge in [-0.2, -0.15) is 0 Å². The molecule has 2 aromatic carbocycles. The molecule has 0 radical (unpaired) electrons. The summed E-state index contributed by atoms with van der Waals surface area (Å²) in [6.45, 7) is 2.00. The number of nitrogens with one attached hydrogen (secondary N) is 1. The summed E-state index contributed by atoms with van der Waals surface area (Å²) in [5.41, 5.74) is 7.92. The number of aromatic nitrogens is 4. The van der Waals surface area contributed by atoms with Gasteiger partial charge < -0.3 is 9.88 Å². The first-order valence-corrected chi connectivity index (χ1v) is 8.99. The molecule has 1 N–H and O–H groups in total. The van der Waals surface area contributed by atoms with E-state index in [0.29, 0.717) is 5.95 Å². The Labute approximate surface area is 157 Å². The number of aryl methyl sites for hydroxylation is 1. The molecule has 0 bridgehead atoms. The summed E-state index contributed by atoms with van der Waals surface area (Å²) in [5, 5.41) is 3.34. The molecule has 0 atom stereocenters. The first-order valence-electron chi connectivity index (χ1n) is 8.99. The van der Waals surface area contributed by atoms with Gasteiger partial charge in [0.15, 0.2) is 0 Å². The second-order valence-corrected chi connectivity index (χ2v) is 6.84. The van der Waals surface area contributed by atoms with Gasteiger partial charge in [0.05, 0.1) is 17.6 Å². The number of fused-ring (bicyclic) bond motifs is 3. The maximum atomic E-state index is 4.75. The van der Waals surface area contributed by atoms with Gasteiger partial charge in [-0.05, 0) is 30.2 Å². The molecule has 132 valence electrons. The zero-order chi connectivity index (χ0) is 18.4. The van der Waals surface area contributed by atoms with Crippen molar-refractivity contribution in [2.24, 2.45) is 7.05 Å². The molecule has 1 aliphatic rings. The third-order valence-corrected chi connectivity index (χ3v) is 5.17. The molecule has 5 rings (SSSR count). The lowest BCUT2D eigenvalue weighted by atomic mass is 10.1. The highest BCUT2D eigenvalue weighted by molar-refractivity contribution is 5.75. The third kappa shape index (κ3) is 2.68. The van der Waals surface area contributed by atoms with Crippen LogP contribution in [0.2, 0.25) is 0 Å². The quantitative estimate of drug-likeness (QED) is 0.519. The van der Waals surface area contributed by atoms with E-state index in [9.17, 15) is 0 Å². The van der Waals surface area contributed by atoms with Crippen molar-refractivity contribution in [2.45, 2.75) is 13.3 Å². The van der Waals surface area contributed by atoms with Crippen molar-refractivity contribution in [3.63, 3.8) is 0 Å². The molecule has 27 heavy (non-hydrogen) atoms. The third-order valence-electron chi connectivity index (χ3n) is 5.17. The molecule has 0 amide bonds. The normalized spacial score (nSPS) is 11.9. The highest BCUT2D eigenvalue weighted by Gasteiger charge is 2.20. The summed E-state index contributed by atoms with van der Waals surface area (Å²) in [4.78, 5) is 13.7. The zero-order valence-electron chi connectivity index (χ0n) is 15.3. The molecular formula is C22H19N5. The van der Waals surface area contributed by atoms with Gasteiger partial charge >= 0.3 is 0 Å². The van der Waals surface area contributed by atoms with Crippen molar-refractivity contribution < 1.29 is 0 Å². The Morgan fingerprint density at radius 1 is 0.963 bits per heavy atom. The van der Waals surface area contributed by atoms with E-state index >= 15 is 0 Å². The number of imidazole rings is 1. The van der Waals surface area contributed by atoms with Crippen LogP contribution in [-0.2, 0) is 13.5 Å². The molecule has 0 aliphatic heterocycles. The smallest absolute Gasteiger partial charge is 0.227 e. The minimum absolute atomic E-state index is 0.625. The molecule has 0 spiro atoms. The maximum absolute atomic E-state index is 4.75. The molecule has 2 heterocycles. The van der Waals surface area contributed by atoms with Crippen LogP contribution in [0.15, 0.2) is 60.9 Å². The van der Waals surface area contributed by atoms with E-state index in [4.69, 9.17) is 4.98 Å². The van der Waals surface area contributed by atoms with Crippen molar-refractivity contribution in [3.8, 4) is 22.4 Å². The van der Waals surface area contributed by atoms with Crippen LogP contribution in [0.25, 0.3) is 22.4 Å². The number of hydrogen-bond acceptors (Lipinski definition) is 4. The van der Waals surface area contributed by atoms with Crippen LogP contribution >= 0.6 is 0 Å². The van der Waals surface area contributed by atoms with Gasteiger partial charge in [-0.3, -0.25) is 0 Å². The van der Waals surface area contributed by atoms with E-state index < -0.39 is 0 Å². The van der Waals surface area contributed by atoms with Gasteiger partial charge in [-0.15, -0.1) is 0 Å². The Bertz CT molecular complexity index is 1160. The predicted molar refractivity (Wildman–Crippen MR) is 107 cm³/mol. The summed E-state index contributed by atoms with van der Waals surface area (Å²) in [6, 6.07) is 16.7. The lowest BCUT2D eigenvalue weighted by Crippen LogP contribution is -2.00. The van der Waals surface area contributed by atoms with E-state index in [2.05, 4.69) is 56.3 Å². The largest absolute Gasteiger partial charge is 0.331 e. The molecule has 5 nitrogen and oxygen atoms in total. The summed E-state index contributed by atoms with van der Waals surface area (Å²) in [5.74, 6) is 1.62. The van der Waals surface area contributed by atoms with E-state index in [0.717, 1.165) is 40.4 Å². The minimum atomic E-state index is 0.625. The molecule has 4 aromatic rings. The molecule has 1 aliphatic carbocycles. The van der Waals surface area contributed by atoms with E-state index in [1.165, 1.54) is 11.1 Å². The number of rotatable bonds is 3. The molecule has 2 aromatic heterocycles. The van der Waals surface area contributed by atoms with Gasteiger partial charge in [-0.1, -0.05) is 36.4 Å². The average Bonchev–Trinajstić information content (AvgIpc) is 3.22. The number of nitrogens with zero attached hydrogens (tertiary/aromatic N) is 4. The average molecular weight is 353 g/mol. The Balaban J connectivity index is 1.44. The van der Waals surface area contributed by atoms with Gasteiger partial charge in [-0.25, -0.2) is 15.0 Å². The van der Waals surface area contributed by atoms with Crippen LogP contribution in [0.4, 0.5) is 11.6 Å². The van der Waals surface area contributed by atoms with Crippen LogP contribution in [0.3, 0.4) is 0 Å². The first kappa shape index (κ1) is 15.8. The van der Waals surface area contributed by atoms with Gasteiger partial charge in [0, 0.05) is 36.5 Å². The fourth-order valence-electron chi connectivity index (χ4n) is 3.61. The monoisotopic (exact) mass is 353 g/mol. The summed E-state index contributed by atoms with van der Waals surface area (Å²) in [6.07, 6.45) is 4.68. The molecular weight excluding hydrogens is 334 g/mol. The number of anilines is 2. The lowest BCUT2D eigenvalue weighted by Gasteiger charge is -2.09. The van der Waals surface area contributed by atoms with Crippen molar-refractivity contribution in [1.29, 1.82) is 0 Å². The van der Waals surface area contributed by atoms with Gasteiger partial charge in [0.1, 0.15) is 5.82 Å². The molecule has 5 heteroatoms. The number of benzene rings is 2.